The third-order valence-corrected chi connectivity index (χ3v) is 1.71. The predicted octanol–water partition coefficient (Wildman–Crippen LogP) is -0.500. The van der Waals surface area contributed by atoms with E-state index in [1.54, 1.807) is 4.68 Å². The fraction of sp³-hybridized carbons (Fsp3) is 0.800. The Kier molecular flexibility index (Phi) is 1.17. The number of rotatable bonds is 0. The molecule has 1 aromatic heterocycles. The molecule has 0 fully saturated rings. The van der Waals surface area contributed by atoms with E-state index in [1.165, 1.54) is 0 Å². The van der Waals surface area contributed by atoms with Crippen LogP contribution < -0.4 is 0 Å². The summed E-state index contributed by atoms with van der Waals surface area (Å²) in [7, 11) is 0. The first-order valence-corrected chi connectivity index (χ1v) is 3.32. The fourth-order valence-electron chi connectivity index (χ4n) is 1.17. The summed E-state index contributed by atoms with van der Waals surface area (Å²) in [6.45, 7) is 0.833. The average Bonchev–Trinajstić information content (AvgIpc) is 2.36. The van der Waals surface area contributed by atoms with Crippen molar-refractivity contribution in [3.8, 4) is 0 Å². The Balaban J connectivity index is 2.41. The van der Waals surface area contributed by atoms with Gasteiger partial charge >= 0.3 is 0 Å². The summed E-state index contributed by atoms with van der Waals surface area (Å²) >= 11 is 0. The van der Waals surface area contributed by atoms with Gasteiger partial charge in [0, 0.05) is 6.54 Å². The van der Waals surface area contributed by atoms with E-state index in [1.807, 2.05) is 0 Å². The van der Waals surface area contributed by atoms with Gasteiger partial charge in [-0.15, -0.1) is 5.10 Å². The lowest BCUT2D eigenvalue weighted by Gasteiger charge is -2.15. The number of tetrazole rings is 1. The summed E-state index contributed by atoms with van der Waals surface area (Å²) < 4.78 is 1.65. The van der Waals surface area contributed by atoms with E-state index in [2.05, 4.69) is 15.5 Å². The van der Waals surface area contributed by atoms with E-state index in [0.29, 0.717) is 5.82 Å². The maximum Gasteiger partial charge on any atom is 0.179 e. The van der Waals surface area contributed by atoms with Gasteiger partial charge in [0.25, 0.3) is 0 Å². The Labute approximate surface area is 57.7 Å². The summed E-state index contributed by atoms with van der Waals surface area (Å²) in [5, 5.41) is 20.1. The van der Waals surface area contributed by atoms with E-state index >= 15 is 0 Å². The highest BCUT2D eigenvalue weighted by Crippen LogP contribution is 2.20. The summed E-state index contributed by atoms with van der Waals surface area (Å²) in [6.07, 6.45) is 1.28. The molecule has 1 unspecified atom stereocenters. The zero-order valence-electron chi connectivity index (χ0n) is 5.43. The molecular formula is C5H8N4O. The quantitative estimate of drug-likeness (QED) is 0.527. The molecule has 1 aliphatic rings. The van der Waals surface area contributed by atoms with Gasteiger partial charge in [-0.05, 0) is 23.3 Å². The molecule has 54 valence electrons. The minimum atomic E-state index is -0.455. The van der Waals surface area contributed by atoms with Gasteiger partial charge in [-0.25, -0.2) is 4.68 Å². The largest absolute Gasteiger partial charge is 0.385 e. The second-order valence-corrected chi connectivity index (χ2v) is 2.42. The number of hydrogen-bond donors (Lipinski definition) is 1. The zero-order chi connectivity index (χ0) is 6.97. The molecule has 0 radical (unpaired) electrons. The highest BCUT2D eigenvalue weighted by Gasteiger charge is 2.20. The molecule has 0 saturated heterocycles. The highest BCUT2D eigenvalue weighted by molar-refractivity contribution is 4.89. The second-order valence-electron chi connectivity index (χ2n) is 2.42. The number of aliphatic hydroxyl groups is 1. The average molecular weight is 140 g/mol. The van der Waals surface area contributed by atoms with Gasteiger partial charge in [0.1, 0.15) is 6.10 Å². The van der Waals surface area contributed by atoms with Crippen LogP contribution in [0.25, 0.3) is 0 Å². The monoisotopic (exact) mass is 140 g/mol. The molecule has 1 aromatic rings. The van der Waals surface area contributed by atoms with Gasteiger partial charge in [-0.3, -0.25) is 0 Å². The van der Waals surface area contributed by atoms with Crippen LogP contribution in [0.1, 0.15) is 24.8 Å². The summed E-state index contributed by atoms with van der Waals surface area (Å²) in [4.78, 5) is 0. The van der Waals surface area contributed by atoms with Crippen molar-refractivity contribution in [2.75, 3.05) is 0 Å². The van der Waals surface area contributed by atoms with Gasteiger partial charge in [0.2, 0.25) is 0 Å². The van der Waals surface area contributed by atoms with E-state index in [9.17, 15) is 5.11 Å². The summed E-state index contributed by atoms with van der Waals surface area (Å²) in [5.41, 5.74) is 0. The van der Waals surface area contributed by atoms with Crippen LogP contribution in [0.3, 0.4) is 0 Å². The van der Waals surface area contributed by atoms with Gasteiger partial charge in [-0.2, -0.15) is 0 Å². The number of fused-ring (bicyclic) bond motifs is 1. The normalized spacial score (nSPS) is 24.3. The predicted molar refractivity (Wildman–Crippen MR) is 32.0 cm³/mol. The number of hydrogen-bond acceptors (Lipinski definition) is 4. The van der Waals surface area contributed by atoms with Crippen LogP contribution in [0.2, 0.25) is 0 Å². The van der Waals surface area contributed by atoms with Gasteiger partial charge in [-0.1, -0.05) is 0 Å². The third kappa shape index (κ3) is 0.706. The molecule has 0 aliphatic carbocycles. The van der Waals surface area contributed by atoms with Crippen LogP contribution in [-0.2, 0) is 6.54 Å². The minimum Gasteiger partial charge on any atom is -0.385 e. The maximum atomic E-state index is 9.29. The minimum absolute atomic E-state index is 0.455. The molecule has 1 N–H and O–H groups in total. The highest BCUT2D eigenvalue weighted by atomic mass is 16.3. The number of aromatic nitrogens is 4. The van der Waals surface area contributed by atoms with Crippen molar-refractivity contribution in [1.82, 2.24) is 20.2 Å². The van der Waals surface area contributed by atoms with Crippen molar-refractivity contribution in [1.29, 1.82) is 0 Å². The van der Waals surface area contributed by atoms with Crippen LogP contribution in [0.4, 0.5) is 0 Å². The first kappa shape index (κ1) is 5.79. The Morgan fingerprint density at radius 1 is 1.60 bits per heavy atom. The number of nitrogens with zero attached hydrogens (tertiary/aromatic N) is 4. The molecule has 0 spiro atoms. The molecule has 5 nitrogen and oxygen atoms in total. The third-order valence-electron chi connectivity index (χ3n) is 1.71. The van der Waals surface area contributed by atoms with Crippen molar-refractivity contribution in [2.45, 2.75) is 25.5 Å². The van der Waals surface area contributed by atoms with Crippen LogP contribution in [0.15, 0.2) is 0 Å². The van der Waals surface area contributed by atoms with Crippen molar-refractivity contribution in [3.63, 3.8) is 0 Å². The lowest BCUT2D eigenvalue weighted by Crippen LogP contribution is -2.16. The lowest BCUT2D eigenvalue weighted by atomic mass is 10.1. The van der Waals surface area contributed by atoms with Gasteiger partial charge in [0.05, 0.1) is 0 Å². The number of aryl methyl sites for hydroxylation is 1. The fourth-order valence-corrected chi connectivity index (χ4v) is 1.17. The molecule has 1 atom stereocenters. The molecule has 0 aromatic carbocycles. The Hall–Kier alpha value is -0.970. The lowest BCUT2D eigenvalue weighted by molar-refractivity contribution is 0.130. The Bertz CT molecular complexity index is 233. The van der Waals surface area contributed by atoms with Crippen LogP contribution in [0.5, 0.6) is 0 Å². The first-order valence-electron chi connectivity index (χ1n) is 3.32. The summed E-state index contributed by atoms with van der Waals surface area (Å²) in [6, 6.07) is 0. The number of aliphatic hydroxyl groups excluding tert-OH is 1. The Morgan fingerprint density at radius 3 is 3.30 bits per heavy atom. The SMILES string of the molecule is OC1CCCn2nnnc21. The second kappa shape index (κ2) is 2.02. The maximum absolute atomic E-state index is 9.29. The standard InChI is InChI=1S/C5H8N4O/c10-4-2-1-3-9-5(4)6-7-8-9/h4,10H,1-3H2. The topological polar surface area (TPSA) is 63.8 Å². The van der Waals surface area contributed by atoms with Crippen molar-refractivity contribution < 1.29 is 5.11 Å². The molecule has 0 bridgehead atoms. The molecule has 1 aliphatic heterocycles. The molecule has 2 heterocycles. The van der Waals surface area contributed by atoms with E-state index in [-0.39, 0.29) is 0 Å². The van der Waals surface area contributed by atoms with Crippen LogP contribution in [-0.4, -0.2) is 25.3 Å². The molecule has 5 heteroatoms. The Morgan fingerprint density at radius 2 is 2.50 bits per heavy atom. The molecule has 2 rings (SSSR count). The molecule has 10 heavy (non-hydrogen) atoms. The molecule has 0 saturated carbocycles. The van der Waals surface area contributed by atoms with E-state index < -0.39 is 6.10 Å². The zero-order valence-corrected chi connectivity index (χ0v) is 5.43. The molecular weight excluding hydrogens is 132 g/mol. The van der Waals surface area contributed by atoms with Gasteiger partial charge < -0.3 is 5.11 Å². The molecule has 0 amide bonds. The van der Waals surface area contributed by atoms with Gasteiger partial charge in [0.15, 0.2) is 5.82 Å². The summed E-state index contributed by atoms with van der Waals surface area (Å²) in [5.74, 6) is 0.603. The van der Waals surface area contributed by atoms with Crippen molar-refractivity contribution >= 4 is 0 Å². The van der Waals surface area contributed by atoms with Crippen LogP contribution >= 0.6 is 0 Å². The van der Waals surface area contributed by atoms with E-state index in [0.717, 1.165) is 19.4 Å². The van der Waals surface area contributed by atoms with Crippen molar-refractivity contribution in [2.24, 2.45) is 0 Å². The van der Waals surface area contributed by atoms with E-state index in [4.69, 9.17) is 0 Å². The smallest absolute Gasteiger partial charge is 0.179 e. The van der Waals surface area contributed by atoms with Crippen LogP contribution in [0, 0.1) is 0 Å². The first-order chi connectivity index (χ1) is 4.88. The van der Waals surface area contributed by atoms with Crippen molar-refractivity contribution in [3.05, 3.63) is 5.82 Å².